The van der Waals surface area contributed by atoms with Crippen LogP contribution in [-0.4, -0.2) is 13.0 Å². The molecule has 0 spiro atoms. The maximum atomic E-state index is 10.1. The van der Waals surface area contributed by atoms with Gasteiger partial charge in [-0.2, -0.15) is 0 Å². The number of hydrogen-bond donors (Lipinski definition) is 0. The zero-order valence-electron chi connectivity index (χ0n) is 6.73. The van der Waals surface area contributed by atoms with Gasteiger partial charge in [-0.1, -0.05) is 11.6 Å². The van der Waals surface area contributed by atoms with Crippen LogP contribution in [0.4, 0.5) is 0 Å². The van der Waals surface area contributed by atoms with E-state index in [9.17, 15) is 13.0 Å². The first-order valence-corrected chi connectivity index (χ1v) is 4.59. The summed E-state index contributed by atoms with van der Waals surface area (Å²) in [6.45, 7) is 0. The van der Waals surface area contributed by atoms with Crippen molar-refractivity contribution in [3.63, 3.8) is 0 Å². The zero-order valence-corrected chi connectivity index (χ0v) is 11.4. The number of benzene rings is 1. The molecule has 0 aromatic heterocycles. The quantitative estimate of drug-likeness (QED) is 0.350. The van der Waals surface area contributed by atoms with E-state index in [2.05, 4.69) is 4.18 Å². The molecule has 0 aliphatic rings. The molecule has 1 rings (SSSR count). The summed E-state index contributed by atoms with van der Waals surface area (Å²) in [5.41, 5.74) is 0. The molecule has 0 atom stereocenters. The minimum Gasteiger partial charge on any atom is -0.716 e. The Hall–Kier alpha value is 0.856. The third-order valence-electron chi connectivity index (χ3n) is 1.01. The average molecular weight is 247 g/mol. The summed E-state index contributed by atoms with van der Waals surface area (Å²) >= 11 is 5.50. The van der Waals surface area contributed by atoms with Crippen LogP contribution >= 0.6 is 11.6 Å². The molecular formula is C6H4ClKO4S. The van der Waals surface area contributed by atoms with E-state index in [-0.39, 0.29) is 57.1 Å². The van der Waals surface area contributed by atoms with Gasteiger partial charge in [-0.05, 0) is 24.3 Å². The van der Waals surface area contributed by atoms with E-state index in [0.29, 0.717) is 5.02 Å². The van der Waals surface area contributed by atoms with Crippen molar-refractivity contribution in [3.8, 4) is 5.75 Å². The molecule has 0 amide bonds. The summed E-state index contributed by atoms with van der Waals surface area (Å²) in [7, 11) is -4.68. The van der Waals surface area contributed by atoms with Crippen molar-refractivity contribution >= 4 is 22.0 Å². The molecule has 0 N–H and O–H groups in total. The SMILES string of the molecule is O=S(=O)([O-])Oc1ccc(Cl)cc1.[K+]. The fourth-order valence-corrected chi connectivity index (χ4v) is 1.08. The Bertz CT molecular complexity index is 361. The smallest absolute Gasteiger partial charge is 0.716 e. The van der Waals surface area contributed by atoms with Gasteiger partial charge in [0.2, 0.25) is 0 Å². The van der Waals surface area contributed by atoms with Crippen molar-refractivity contribution in [2.45, 2.75) is 0 Å². The van der Waals surface area contributed by atoms with Crippen LogP contribution in [0.3, 0.4) is 0 Å². The molecule has 13 heavy (non-hydrogen) atoms. The zero-order chi connectivity index (χ0) is 9.19. The molecule has 0 saturated carbocycles. The van der Waals surface area contributed by atoms with Gasteiger partial charge in [-0.25, -0.2) is 8.42 Å². The topological polar surface area (TPSA) is 66.4 Å². The van der Waals surface area contributed by atoms with Gasteiger partial charge in [0.25, 0.3) is 10.4 Å². The van der Waals surface area contributed by atoms with E-state index in [1.807, 2.05) is 0 Å². The summed E-state index contributed by atoms with van der Waals surface area (Å²) in [5, 5.41) is 0.436. The molecule has 0 saturated heterocycles. The fourth-order valence-electron chi connectivity index (χ4n) is 0.608. The minimum absolute atomic E-state index is 0. The number of rotatable bonds is 2. The fraction of sp³-hybridized carbons (Fsp3) is 0. The third kappa shape index (κ3) is 6.03. The van der Waals surface area contributed by atoms with Crippen molar-refractivity contribution in [2.75, 3.05) is 0 Å². The first-order chi connectivity index (χ1) is 5.47. The van der Waals surface area contributed by atoms with Gasteiger partial charge in [0.15, 0.2) is 0 Å². The second-order valence-corrected chi connectivity index (χ2v) is 3.37. The molecule has 1 aromatic rings. The van der Waals surface area contributed by atoms with E-state index in [1.54, 1.807) is 0 Å². The largest absolute Gasteiger partial charge is 1.00 e. The first-order valence-electron chi connectivity index (χ1n) is 2.88. The van der Waals surface area contributed by atoms with E-state index < -0.39 is 10.4 Å². The standard InChI is InChI=1S/C6H5ClO4S.K/c7-5-1-3-6(4-2-5)11-12(8,9)10;/h1-4H,(H,8,9,10);/q;+1/p-1. The number of halogens is 1. The van der Waals surface area contributed by atoms with E-state index in [1.165, 1.54) is 24.3 Å². The Morgan fingerprint density at radius 3 is 2.08 bits per heavy atom. The van der Waals surface area contributed by atoms with Crippen LogP contribution in [0.15, 0.2) is 24.3 Å². The van der Waals surface area contributed by atoms with Crippen LogP contribution in [-0.2, 0) is 10.4 Å². The molecular weight excluding hydrogens is 243 g/mol. The molecule has 7 heteroatoms. The van der Waals surface area contributed by atoms with E-state index in [0.717, 1.165) is 0 Å². The number of hydrogen-bond acceptors (Lipinski definition) is 4. The van der Waals surface area contributed by atoms with Crippen LogP contribution in [0.1, 0.15) is 0 Å². The van der Waals surface area contributed by atoms with Crippen molar-refractivity contribution in [3.05, 3.63) is 29.3 Å². The minimum atomic E-state index is -4.68. The molecule has 0 aliphatic carbocycles. The molecule has 0 radical (unpaired) electrons. The predicted molar refractivity (Wildman–Crippen MR) is 41.8 cm³/mol. The van der Waals surface area contributed by atoms with E-state index in [4.69, 9.17) is 11.6 Å². The van der Waals surface area contributed by atoms with Crippen molar-refractivity contribution in [1.82, 2.24) is 0 Å². The Labute approximate surface area is 124 Å². The molecule has 0 bridgehead atoms. The van der Waals surface area contributed by atoms with Crippen LogP contribution < -0.4 is 55.6 Å². The summed E-state index contributed by atoms with van der Waals surface area (Å²) in [6, 6.07) is 5.42. The van der Waals surface area contributed by atoms with Crippen LogP contribution in [0, 0.1) is 0 Å². The molecule has 0 unspecified atom stereocenters. The molecule has 1 aromatic carbocycles. The van der Waals surface area contributed by atoms with Gasteiger partial charge in [0.1, 0.15) is 5.75 Å². The summed E-state index contributed by atoms with van der Waals surface area (Å²) in [5.74, 6) is -0.0469. The van der Waals surface area contributed by atoms with Crippen molar-refractivity contribution < 1.29 is 68.5 Å². The Kier molecular flexibility index (Phi) is 6.04. The van der Waals surface area contributed by atoms with Crippen LogP contribution in [0.25, 0.3) is 0 Å². The molecule has 0 aliphatic heterocycles. The maximum Gasteiger partial charge on any atom is 1.00 e. The van der Waals surface area contributed by atoms with E-state index >= 15 is 0 Å². The second kappa shape index (κ2) is 5.67. The van der Waals surface area contributed by atoms with Gasteiger partial charge in [0, 0.05) is 5.02 Å². The Morgan fingerprint density at radius 2 is 1.69 bits per heavy atom. The molecule has 0 fully saturated rings. The van der Waals surface area contributed by atoms with Gasteiger partial charge in [0.05, 0.1) is 0 Å². The molecule has 66 valence electrons. The first kappa shape index (κ1) is 13.9. The van der Waals surface area contributed by atoms with Crippen molar-refractivity contribution in [1.29, 1.82) is 0 Å². The van der Waals surface area contributed by atoms with Crippen LogP contribution in [0.5, 0.6) is 5.75 Å². The Balaban J connectivity index is 0.00000144. The van der Waals surface area contributed by atoms with Gasteiger partial charge >= 0.3 is 51.4 Å². The predicted octanol–water partition coefficient (Wildman–Crippen LogP) is -1.82. The van der Waals surface area contributed by atoms with Crippen LogP contribution in [0.2, 0.25) is 5.02 Å². The van der Waals surface area contributed by atoms with Crippen molar-refractivity contribution in [2.24, 2.45) is 0 Å². The maximum absolute atomic E-state index is 10.1. The third-order valence-corrected chi connectivity index (χ3v) is 1.66. The summed E-state index contributed by atoms with van der Waals surface area (Å²) in [4.78, 5) is 0. The Morgan fingerprint density at radius 1 is 1.23 bits per heavy atom. The van der Waals surface area contributed by atoms with Gasteiger partial charge in [-0.15, -0.1) is 0 Å². The molecule has 0 heterocycles. The monoisotopic (exact) mass is 246 g/mol. The van der Waals surface area contributed by atoms with Gasteiger partial charge in [-0.3, -0.25) is 0 Å². The van der Waals surface area contributed by atoms with Gasteiger partial charge < -0.3 is 8.74 Å². The molecule has 4 nitrogen and oxygen atoms in total. The summed E-state index contributed by atoms with van der Waals surface area (Å²) in [6.07, 6.45) is 0. The normalized spacial score (nSPS) is 10.3. The summed E-state index contributed by atoms with van der Waals surface area (Å²) < 4.78 is 34.2. The second-order valence-electron chi connectivity index (χ2n) is 1.95. The average Bonchev–Trinajstić information content (AvgIpc) is 1.91.